The summed E-state index contributed by atoms with van der Waals surface area (Å²) in [5.41, 5.74) is -1.96. The normalized spacial score (nSPS) is 17.1. The zero-order valence-corrected chi connectivity index (χ0v) is 11.1. The molecule has 8 heteroatoms. The molecule has 3 rings (SSSR count). The van der Waals surface area contributed by atoms with Gasteiger partial charge in [-0.1, -0.05) is 0 Å². The van der Waals surface area contributed by atoms with Gasteiger partial charge in [0, 0.05) is 6.20 Å². The lowest BCUT2D eigenvalue weighted by atomic mass is 10.1. The third-order valence-corrected chi connectivity index (χ3v) is 3.83. The highest BCUT2D eigenvalue weighted by Crippen LogP contribution is 2.42. The van der Waals surface area contributed by atoms with Gasteiger partial charge in [-0.2, -0.15) is 18.3 Å². The van der Waals surface area contributed by atoms with Crippen molar-refractivity contribution in [3.8, 4) is 0 Å². The molecule has 0 radical (unpaired) electrons. The first-order valence-electron chi connectivity index (χ1n) is 6.47. The molecule has 0 aliphatic heterocycles. The lowest BCUT2D eigenvalue weighted by molar-refractivity contribution is -0.136. The highest BCUT2D eigenvalue weighted by Gasteiger charge is 2.39. The molecule has 1 atom stereocenters. The Morgan fingerprint density at radius 1 is 1.43 bits per heavy atom. The molecule has 1 fully saturated rings. The van der Waals surface area contributed by atoms with Crippen molar-refractivity contribution in [1.82, 2.24) is 14.8 Å². The van der Waals surface area contributed by atoms with Crippen LogP contribution >= 0.6 is 0 Å². The van der Waals surface area contributed by atoms with Crippen LogP contribution in [-0.2, 0) is 6.18 Å². The van der Waals surface area contributed by atoms with Gasteiger partial charge in [-0.3, -0.25) is 0 Å². The van der Waals surface area contributed by atoms with Gasteiger partial charge in [0.15, 0.2) is 5.65 Å². The summed E-state index contributed by atoms with van der Waals surface area (Å²) in [5.74, 6) is -1.26. The SMILES string of the molecule is CC(C1CC1)n1ncc2c(C(F)(F)F)c(C(=O)O)cnc21. The summed E-state index contributed by atoms with van der Waals surface area (Å²) < 4.78 is 41.0. The first-order chi connectivity index (χ1) is 9.80. The average molecular weight is 299 g/mol. The molecular formula is C13H12F3N3O2. The van der Waals surface area contributed by atoms with E-state index in [4.69, 9.17) is 5.11 Å². The third-order valence-electron chi connectivity index (χ3n) is 3.83. The predicted molar refractivity (Wildman–Crippen MR) is 66.9 cm³/mol. The van der Waals surface area contributed by atoms with Crippen LogP contribution in [-0.4, -0.2) is 25.8 Å². The molecule has 0 spiro atoms. The number of hydrogen-bond acceptors (Lipinski definition) is 3. The first-order valence-corrected chi connectivity index (χ1v) is 6.47. The summed E-state index contributed by atoms with van der Waals surface area (Å²) in [6, 6.07) is -0.0493. The Labute approximate surface area is 117 Å². The highest BCUT2D eigenvalue weighted by atomic mass is 19.4. The lowest BCUT2D eigenvalue weighted by Gasteiger charge is -2.14. The maximum Gasteiger partial charge on any atom is 0.418 e. The van der Waals surface area contributed by atoms with Crippen molar-refractivity contribution in [3.05, 3.63) is 23.5 Å². The Balaban J connectivity index is 2.24. The van der Waals surface area contributed by atoms with Crippen molar-refractivity contribution in [2.75, 3.05) is 0 Å². The highest BCUT2D eigenvalue weighted by molar-refractivity contribution is 5.95. The van der Waals surface area contributed by atoms with Crippen LogP contribution in [0.25, 0.3) is 11.0 Å². The van der Waals surface area contributed by atoms with Gasteiger partial charge in [-0.15, -0.1) is 0 Å². The van der Waals surface area contributed by atoms with Gasteiger partial charge in [0.05, 0.1) is 28.8 Å². The molecule has 0 bridgehead atoms. The fraction of sp³-hybridized carbons (Fsp3) is 0.462. The van der Waals surface area contributed by atoms with E-state index in [0.717, 1.165) is 25.2 Å². The molecule has 2 aromatic rings. The molecule has 2 heterocycles. The van der Waals surface area contributed by atoms with E-state index in [-0.39, 0.29) is 17.1 Å². The van der Waals surface area contributed by atoms with E-state index >= 15 is 0 Å². The number of hydrogen-bond donors (Lipinski definition) is 1. The summed E-state index contributed by atoms with van der Waals surface area (Å²) in [7, 11) is 0. The molecule has 1 N–H and O–H groups in total. The van der Waals surface area contributed by atoms with Crippen molar-refractivity contribution in [3.63, 3.8) is 0 Å². The van der Waals surface area contributed by atoms with E-state index < -0.39 is 23.3 Å². The van der Waals surface area contributed by atoms with Crippen molar-refractivity contribution in [1.29, 1.82) is 0 Å². The average Bonchev–Trinajstić information content (AvgIpc) is 3.15. The van der Waals surface area contributed by atoms with Crippen LogP contribution in [0, 0.1) is 5.92 Å². The monoisotopic (exact) mass is 299 g/mol. The molecule has 2 aromatic heterocycles. The van der Waals surface area contributed by atoms with Gasteiger partial charge in [-0.25, -0.2) is 14.5 Å². The van der Waals surface area contributed by atoms with Gasteiger partial charge < -0.3 is 5.11 Å². The molecule has 1 unspecified atom stereocenters. The number of alkyl halides is 3. The van der Waals surface area contributed by atoms with Crippen molar-refractivity contribution >= 4 is 17.0 Å². The Bertz CT molecular complexity index is 719. The van der Waals surface area contributed by atoms with Gasteiger partial charge in [0.25, 0.3) is 0 Å². The molecule has 21 heavy (non-hydrogen) atoms. The second-order valence-electron chi connectivity index (χ2n) is 5.25. The Hall–Kier alpha value is -2.12. The van der Waals surface area contributed by atoms with Crippen molar-refractivity contribution in [2.45, 2.75) is 32.0 Å². The molecule has 5 nitrogen and oxygen atoms in total. The van der Waals surface area contributed by atoms with E-state index in [9.17, 15) is 18.0 Å². The number of fused-ring (bicyclic) bond motifs is 1. The summed E-state index contributed by atoms with van der Waals surface area (Å²) in [6.07, 6.45) is -0.933. The van der Waals surface area contributed by atoms with E-state index in [2.05, 4.69) is 10.1 Å². The summed E-state index contributed by atoms with van der Waals surface area (Å²) >= 11 is 0. The molecule has 0 amide bonds. The number of carbonyl (C=O) groups is 1. The van der Waals surface area contributed by atoms with Crippen LogP contribution in [0.2, 0.25) is 0 Å². The summed E-state index contributed by atoms with van der Waals surface area (Å²) in [5, 5.41) is 12.7. The van der Waals surface area contributed by atoms with Crippen molar-refractivity contribution < 1.29 is 23.1 Å². The summed E-state index contributed by atoms with van der Waals surface area (Å²) in [4.78, 5) is 14.9. The number of pyridine rings is 1. The number of aromatic carboxylic acids is 1. The topological polar surface area (TPSA) is 68.0 Å². The van der Waals surface area contributed by atoms with Crippen LogP contribution < -0.4 is 0 Å². The van der Waals surface area contributed by atoms with E-state index in [1.807, 2.05) is 6.92 Å². The Morgan fingerprint density at radius 2 is 2.10 bits per heavy atom. The minimum absolute atomic E-state index is 0.0493. The van der Waals surface area contributed by atoms with E-state index in [0.29, 0.717) is 5.92 Å². The van der Waals surface area contributed by atoms with E-state index in [1.165, 1.54) is 4.68 Å². The number of aromatic nitrogens is 3. The first kappa shape index (κ1) is 13.8. The number of carboxylic acids is 1. The van der Waals surface area contributed by atoms with Gasteiger partial charge >= 0.3 is 12.1 Å². The largest absolute Gasteiger partial charge is 0.478 e. The second kappa shape index (κ2) is 4.44. The summed E-state index contributed by atoms with van der Waals surface area (Å²) in [6.45, 7) is 1.88. The molecule has 1 aliphatic rings. The molecule has 112 valence electrons. The van der Waals surface area contributed by atoms with Crippen LogP contribution in [0.4, 0.5) is 13.2 Å². The molecule has 1 saturated carbocycles. The fourth-order valence-electron chi connectivity index (χ4n) is 2.54. The molecule has 0 aromatic carbocycles. The van der Waals surface area contributed by atoms with Gasteiger partial charge in [0.1, 0.15) is 0 Å². The molecule has 0 saturated heterocycles. The standard InChI is InChI=1S/C13H12F3N3O2/c1-6(7-2-3-7)19-11-8(5-18-19)10(13(14,15)16)9(4-17-11)12(20)21/h4-7H,2-3H2,1H3,(H,20,21). The van der Waals surface area contributed by atoms with Gasteiger partial charge in [-0.05, 0) is 25.7 Å². The second-order valence-corrected chi connectivity index (χ2v) is 5.25. The Morgan fingerprint density at radius 3 is 2.62 bits per heavy atom. The smallest absolute Gasteiger partial charge is 0.418 e. The quantitative estimate of drug-likeness (QED) is 0.945. The molecular weight excluding hydrogens is 287 g/mol. The van der Waals surface area contributed by atoms with Crippen LogP contribution in [0.3, 0.4) is 0 Å². The van der Waals surface area contributed by atoms with Crippen LogP contribution in [0.5, 0.6) is 0 Å². The maximum absolute atomic E-state index is 13.2. The van der Waals surface area contributed by atoms with Crippen LogP contribution in [0.15, 0.2) is 12.4 Å². The number of rotatable bonds is 3. The fourth-order valence-corrected chi connectivity index (χ4v) is 2.54. The number of halogens is 3. The van der Waals surface area contributed by atoms with E-state index in [1.54, 1.807) is 0 Å². The third kappa shape index (κ3) is 2.24. The zero-order chi connectivity index (χ0) is 15.4. The maximum atomic E-state index is 13.2. The minimum atomic E-state index is -4.77. The number of carboxylic acid groups (broad SMARTS) is 1. The lowest BCUT2D eigenvalue weighted by Crippen LogP contribution is -2.15. The number of nitrogens with zero attached hydrogens (tertiary/aromatic N) is 3. The Kier molecular flexibility index (Phi) is 2.93. The van der Waals surface area contributed by atoms with Gasteiger partial charge in [0.2, 0.25) is 0 Å². The zero-order valence-electron chi connectivity index (χ0n) is 11.1. The van der Waals surface area contributed by atoms with Crippen LogP contribution in [0.1, 0.15) is 41.7 Å². The van der Waals surface area contributed by atoms with Crippen molar-refractivity contribution in [2.24, 2.45) is 5.92 Å². The minimum Gasteiger partial charge on any atom is -0.478 e. The molecule has 1 aliphatic carbocycles. The predicted octanol–water partition coefficient (Wildman–Crippen LogP) is 3.12.